The molecule has 1 aliphatic rings. The maximum absolute atomic E-state index is 5.80. The molecule has 5 heteroatoms. The standard InChI is InChI=1S/C15H19N3O2/c1-2-19-13-5-3-12(4-6-13)18-11-17-9-14(18)15-10-16-7-8-20-15/h3-6,9,11,15-16H,2,7-8,10H2,1H3. The van der Waals surface area contributed by atoms with Crippen molar-refractivity contribution in [1.29, 1.82) is 0 Å². The minimum absolute atomic E-state index is 0.0535. The molecule has 3 rings (SSSR count). The highest BCUT2D eigenvalue weighted by atomic mass is 16.5. The Morgan fingerprint density at radius 3 is 2.95 bits per heavy atom. The van der Waals surface area contributed by atoms with Crippen LogP contribution in [0.3, 0.4) is 0 Å². The molecular weight excluding hydrogens is 254 g/mol. The van der Waals surface area contributed by atoms with Gasteiger partial charge in [0, 0.05) is 18.8 Å². The van der Waals surface area contributed by atoms with Gasteiger partial charge in [-0.15, -0.1) is 0 Å². The summed E-state index contributed by atoms with van der Waals surface area (Å²) in [5.74, 6) is 0.883. The number of nitrogens with zero attached hydrogens (tertiary/aromatic N) is 2. The molecule has 0 bridgehead atoms. The van der Waals surface area contributed by atoms with Gasteiger partial charge in [0.25, 0.3) is 0 Å². The predicted molar refractivity (Wildman–Crippen MR) is 76.3 cm³/mol. The van der Waals surface area contributed by atoms with Crippen molar-refractivity contribution in [2.45, 2.75) is 13.0 Å². The van der Waals surface area contributed by atoms with Gasteiger partial charge < -0.3 is 19.4 Å². The van der Waals surface area contributed by atoms with E-state index in [0.29, 0.717) is 6.61 Å². The highest BCUT2D eigenvalue weighted by Crippen LogP contribution is 2.23. The first-order valence-corrected chi connectivity index (χ1v) is 6.96. The first-order valence-electron chi connectivity index (χ1n) is 6.96. The second-order valence-corrected chi connectivity index (χ2v) is 4.68. The number of hydrogen-bond donors (Lipinski definition) is 1. The Hall–Kier alpha value is -1.85. The molecule has 1 saturated heterocycles. The van der Waals surface area contributed by atoms with E-state index in [2.05, 4.69) is 14.9 Å². The van der Waals surface area contributed by atoms with Crippen molar-refractivity contribution in [1.82, 2.24) is 14.9 Å². The molecular formula is C15H19N3O2. The quantitative estimate of drug-likeness (QED) is 0.924. The van der Waals surface area contributed by atoms with Crippen LogP contribution in [0.5, 0.6) is 5.75 Å². The first-order chi connectivity index (χ1) is 9.88. The molecule has 1 unspecified atom stereocenters. The third-order valence-corrected chi connectivity index (χ3v) is 3.35. The van der Waals surface area contributed by atoms with Crippen LogP contribution in [0.25, 0.3) is 5.69 Å². The summed E-state index contributed by atoms with van der Waals surface area (Å²) in [6, 6.07) is 8.02. The predicted octanol–water partition coefficient (Wildman–Crippen LogP) is 1.93. The van der Waals surface area contributed by atoms with Gasteiger partial charge in [-0.25, -0.2) is 4.98 Å². The lowest BCUT2D eigenvalue weighted by atomic mass is 10.2. The van der Waals surface area contributed by atoms with Crippen molar-refractivity contribution in [3.63, 3.8) is 0 Å². The molecule has 1 aromatic carbocycles. The Kier molecular flexibility index (Phi) is 3.99. The van der Waals surface area contributed by atoms with Crippen molar-refractivity contribution in [2.24, 2.45) is 0 Å². The van der Waals surface area contributed by atoms with Gasteiger partial charge in [0.15, 0.2) is 0 Å². The number of imidazole rings is 1. The number of morpholine rings is 1. The zero-order valence-corrected chi connectivity index (χ0v) is 11.6. The van der Waals surface area contributed by atoms with Gasteiger partial charge in [-0.2, -0.15) is 0 Å². The Balaban J connectivity index is 1.84. The van der Waals surface area contributed by atoms with Crippen LogP contribution in [0.1, 0.15) is 18.7 Å². The third-order valence-electron chi connectivity index (χ3n) is 3.35. The number of nitrogens with one attached hydrogen (secondary N) is 1. The van der Waals surface area contributed by atoms with E-state index >= 15 is 0 Å². The summed E-state index contributed by atoms with van der Waals surface area (Å²) < 4.78 is 13.3. The number of benzene rings is 1. The van der Waals surface area contributed by atoms with E-state index in [1.165, 1.54) is 0 Å². The molecule has 1 atom stereocenters. The van der Waals surface area contributed by atoms with Crippen LogP contribution in [-0.2, 0) is 4.74 Å². The molecule has 1 aliphatic heterocycles. The lowest BCUT2D eigenvalue weighted by molar-refractivity contribution is 0.0240. The largest absolute Gasteiger partial charge is 0.494 e. The molecule has 0 amide bonds. The zero-order chi connectivity index (χ0) is 13.8. The van der Waals surface area contributed by atoms with Crippen molar-refractivity contribution in [2.75, 3.05) is 26.3 Å². The van der Waals surface area contributed by atoms with E-state index in [0.717, 1.165) is 36.8 Å². The molecule has 106 valence electrons. The Bertz CT molecular complexity index is 545. The number of ether oxygens (including phenoxy) is 2. The summed E-state index contributed by atoms with van der Waals surface area (Å²) in [5, 5.41) is 3.34. The summed E-state index contributed by atoms with van der Waals surface area (Å²) in [5.41, 5.74) is 2.14. The molecule has 2 aromatic rings. The monoisotopic (exact) mass is 273 g/mol. The highest BCUT2D eigenvalue weighted by Gasteiger charge is 2.20. The van der Waals surface area contributed by atoms with Crippen LogP contribution < -0.4 is 10.1 Å². The molecule has 0 aliphatic carbocycles. The van der Waals surface area contributed by atoms with Gasteiger partial charge in [0.1, 0.15) is 11.9 Å². The maximum atomic E-state index is 5.80. The maximum Gasteiger partial charge on any atom is 0.119 e. The summed E-state index contributed by atoms with van der Waals surface area (Å²) in [6.07, 6.45) is 3.75. The Labute approximate surface area is 118 Å². The van der Waals surface area contributed by atoms with Crippen LogP contribution in [0.2, 0.25) is 0 Å². The first kappa shape index (κ1) is 13.1. The molecule has 5 nitrogen and oxygen atoms in total. The molecule has 1 aromatic heterocycles. The normalized spacial score (nSPS) is 18.9. The van der Waals surface area contributed by atoms with Gasteiger partial charge in [0.2, 0.25) is 0 Å². The average molecular weight is 273 g/mol. The minimum atomic E-state index is 0.0535. The van der Waals surface area contributed by atoms with E-state index in [1.807, 2.05) is 43.7 Å². The number of aromatic nitrogens is 2. The Morgan fingerprint density at radius 2 is 2.25 bits per heavy atom. The third kappa shape index (κ3) is 2.69. The van der Waals surface area contributed by atoms with Crippen LogP contribution >= 0.6 is 0 Å². The summed E-state index contributed by atoms with van der Waals surface area (Å²) in [6.45, 7) is 5.13. The Morgan fingerprint density at radius 1 is 1.40 bits per heavy atom. The molecule has 2 heterocycles. The highest BCUT2D eigenvalue weighted by molar-refractivity contribution is 5.39. The summed E-state index contributed by atoms with van der Waals surface area (Å²) >= 11 is 0. The molecule has 0 spiro atoms. The van der Waals surface area contributed by atoms with Gasteiger partial charge in [-0.3, -0.25) is 0 Å². The second-order valence-electron chi connectivity index (χ2n) is 4.68. The van der Waals surface area contributed by atoms with Crippen LogP contribution in [0, 0.1) is 0 Å². The molecule has 0 saturated carbocycles. The summed E-state index contributed by atoms with van der Waals surface area (Å²) in [7, 11) is 0. The van der Waals surface area contributed by atoms with E-state index in [9.17, 15) is 0 Å². The number of hydrogen-bond acceptors (Lipinski definition) is 4. The lowest BCUT2D eigenvalue weighted by Crippen LogP contribution is -2.34. The van der Waals surface area contributed by atoms with Gasteiger partial charge in [-0.1, -0.05) is 0 Å². The van der Waals surface area contributed by atoms with Crippen LogP contribution in [0.4, 0.5) is 0 Å². The minimum Gasteiger partial charge on any atom is -0.494 e. The number of rotatable bonds is 4. The van der Waals surface area contributed by atoms with Gasteiger partial charge >= 0.3 is 0 Å². The molecule has 1 fully saturated rings. The fraction of sp³-hybridized carbons (Fsp3) is 0.400. The smallest absolute Gasteiger partial charge is 0.119 e. The second kappa shape index (κ2) is 6.07. The zero-order valence-electron chi connectivity index (χ0n) is 11.6. The van der Waals surface area contributed by atoms with Crippen molar-refractivity contribution in [3.05, 3.63) is 42.5 Å². The summed E-state index contributed by atoms with van der Waals surface area (Å²) in [4.78, 5) is 4.26. The van der Waals surface area contributed by atoms with Crippen molar-refractivity contribution >= 4 is 0 Å². The van der Waals surface area contributed by atoms with Gasteiger partial charge in [0.05, 0.1) is 31.4 Å². The van der Waals surface area contributed by atoms with Gasteiger partial charge in [-0.05, 0) is 31.2 Å². The van der Waals surface area contributed by atoms with E-state index in [1.54, 1.807) is 0 Å². The molecule has 0 radical (unpaired) electrons. The molecule has 20 heavy (non-hydrogen) atoms. The average Bonchev–Trinajstić information content (AvgIpc) is 2.99. The van der Waals surface area contributed by atoms with Crippen LogP contribution in [-0.4, -0.2) is 35.9 Å². The topological polar surface area (TPSA) is 48.3 Å². The fourth-order valence-electron chi connectivity index (χ4n) is 2.38. The van der Waals surface area contributed by atoms with Crippen LogP contribution in [0.15, 0.2) is 36.8 Å². The van der Waals surface area contributed by atoms with Crippen molar-refractivity contribution in [3.8, 4) is 11.4 Å². The van der Waals surface area contributed by atoms with E-state index in [-0.39, 0.29) is 6.10 Å². The SMILES string of the molecule is CCOc1ccc(-n2cncc2C2CNCCO2)cc1. The fourth-order valence-corrected chi connectivity index (χ4v) is 2.38. The van der Waals surface area contributed by atoms with Crippen molar-refractivity contribution < 1.29 is 9.47 Å². The lowest BCUT2D eigenvalue weighted by Gasteiger charge is -2.24. The van der Waals surface area contributed by atoms with E-state index in [4.69, 9.17) is 9.47 Å². The molecule has 1 N–H and O–H groups in total. The van der Waals surface area contributed by atoms with E-state index < -0.39 is 0 Å².